The monoisotopic (exact) mass is 647 g/mol. The van der Waals surface area contributed by atoms with E-state index in [-0.39, 0.29) is 35.5 Å². The number of rotatable bonds is 15. The number of sulfonamides is 1. The van der Waals surface area contributed by atoms with Crippen molar-refractivity contribution in [2.45, 2.75) is 63.6 Å². The number of carbonyl (C=O) groups is 2. The van der Waals surface area contributed by atoms with Gasteiger partial charge in [-0.2, -0.15) is 0 Å². The van der Waals surface area contributed by atoms with Crippen molar-refractivity contribution in [3.05, 3.63) is 101 Å². The van der Waals surface area contributed by atoms with E-state index in [1.54, 1.807) is 0 Å². The Labute approximate surface area is 264 Å². The Bertz CT molecular complexity index is 1470. The van der Waals surface area contributed by atoms with E-state index >= 15 is 0 Å². The topological polar surface area (TPSA) is 136 Å². The van der Waals surface area contributed by atoms with Gasteiger partial charge in [-0.05, 0) is 78.3 Å². The molecule has 0 bridgehead atoms. The maximum absolute atomic E-state index is 13.9. The molecule has 0 heterocycles. The van der Waals surface area contributed by atoms with Gasteiger partial charge in [0.1, 0.15) is 11.6 Å². The van der Waals surface area contributed by atoms with Crippen LogP contribution < -0.4 is 10.6 Å². The van der Waals surface area contributed by atoms with Crippen LogP contribution in [0.15, 0.2) is 71.6 Å². The summed E-state index contributed by atoms with van der Waals surface area (Å²) < 4.78 is 54.9. The minimum atomic E-state index is -3.72. The number of aryl methyl sites for hydroxylation is 1. The average Bonchev–Trinajstić information content (AvgIpc) is 2.99. The summed E-state index contributed by atoms with van der Waals surface area (Å²) in [6.45, 7) is 6.83. The molecule has 0 unspecified atom stereocenters. The summed E-state index contributed by atoms with van der Waals surface area (Å²) in [5.74, 6) is -1.71. The second-order valence-corrected chi connectivity index (χ2v) is 13.1. The molecular weight excluding hydrogens is 604 g/mol. The first-order chi connectivity index (χ1) is 21.3. The Balaban J connectivity index is 0.00000226. The minimum Gasteiger partial charge on any atom is -0.483 e. The maximum atomic E-state index is 13.9. The van der Waals surface area contributed by atoms with Gasteiger partial charge in [-0.3, -0.25) is 9.59 Å². The Hall–Kier alpha value is -3.71. The number of carboxylic acid groups (broad SMARTS) is 1. The molecule has 4 N–H and O–H groups in total. The van der Waals surface area contributed by atoms with Crippen LogP contribution in [0.3, 0.4) is 0 Å². The molecule has 0 aliphatic carbocycles. The molecule has 0 radical (unpaired) electrons. The zero-order chi connectivity index (χ0) is 33.6. The van der Waals surface area contributed by atoms with E-state index in [0.29, 0.717) is 19.0 Å². The normalized spacial score (nSPS) is 12.7. The standard InChI is InChI=1S/C32H41F2N3O4S.CH2O2/c1-5-23-7-6-8-24(15-23)20-35-21-31(38)30(18-25-16-27(33)19-28(34)17-25)36-32(39)26-9-11-29(12-10-26)42(40,41)37(4)14-13-22(2)3;2-1-3/h6-12,15-17,19,22,30-31,35,38H,5,13-14,18,20-21H2,1-4H3,(H,36,39);1H,(H,2,3)/t30-,31+;/m0./s1. The molecule has 0 spiro atoms. The van der Waals surface area contributed by atoms with E-state index in [1.807, 2.05) is 32.0 Å². The smallest absolute Gasteiger partial charge is 0.290 e. The van der Waals surface area contributed by atoms with Crippen LogP contribution in [0.4, 0.5) is 8.78 Å². The largest absolute Gasteiger partial charge is 0.483 e. The third-order valence-corrected chi connectivity index (χ3v) is 8.96. The number of nitrogens with one attached hydrogen (secondary N) is 2. The summed E-state index contributed by atoms with van der Waals surface area (Å²) in [7, 11) is -2.20. The molecule has 0 fully saturated rings. The van der Waals surface area contributed by atoms with E-state index in [4.69, 9.17) is 9.90 Å². The van der Waals surface area contributed by atoms with Gasteiger partial charge in [-0.1, -0.05) is 45.0 Å². The number of hydrogen-bond acceptors (Lipinski definition) is 6. The predicted octanol–water partition coefficient (Wildman–Crippen LogP) is 4.39. The average molecular weight is 648 g/mol. The van der Waals surface area contributed by atoms with Crippen LogP contribution in [0.25, 0.3) is 0 Å². The Morgan fingerprint density at radius 3 is 2.16 bits per heavy atom. The zero-order valence-electron chi connectivity index (χ0n) is 26.0. The van der Waals surface area contributed by atoms with Crippen molar-refractivity contribution in [3.63, 3.8) is 0 Å². The molecule has 45 heavy (non-hydrogen) atoms. The lowest BCUT2D eigenvalue weighted by atomic mass is 10.00. The Morgan fingerprint density at radius 1 is 0.978 bits per heavy atom. The fourth-order valence-electron chi connectivity index (χ4n) is 4.50. The molecule has 3 aromatic rings. The number of amides is 1. The molecule has 3 rings (SSSR count). The molecule has 2 atom stereocenters. The highest BCUT2D eigenvalue weighted by Gasteiger charge is 2.25. The fraction of sp³-hybridized carbons (Fsp3) is 0.394. The summed E-state index contributed by atoms with van der Waals surface area (Å²) in [4.78, 5) is 21.6. The Kier molecular flexibility index (Phi) is 15.2. The van der Waals surface area contributed by atoms with Gasteiger partial charge < -0.3 is 20.8 Å². The lowest BCUT2D eigenvalue weighted by Crippen LogP contribution is -2.48. The van der Waals surface area contributed by atoms with Gasteiger partial charge in [0.15, 0.2) is 0 Å². The number of aliphatic hydroxyl groups excluding tert-OH is 1. The number of aliphatic hydroxyl groups is 1. The number of nitrogens with zero attached hydrogens (tertiary/aromatic N) is 1. The Morgan fingerprint density at radius 2 is 1.58 bits per heavy atom. The number of benzene rings is 3. The van der Waals surface area contributed by atoms with Gasteiger partial charge in [-0.25, -0.2) is 21.5 Å². The molecule has 0 aromatic heterocycles. The van der Waals surface area contributed by atoms with E-state index in [0.717, 1.165) is 36.6 Å². The summed E-state index contributed by atoms with van der Waals surface area (Å²) >= 11 is 0. The first kappa shape index (κ1) is 37.5. The van der Waals surface area contributed by atoms with Crippen molar-refractivity contribution < 1.29 is 37.0 Å². The fourth-order valence-corrected chi connectivity index (χ4v) is 5.69. The van der Waals surface area contributed by atoms with Crippen LogP contribution in [0, 0.1) is 17.6 Å². The maximum Gasteiger partial charge on any atom is 0.290 e. The van der Waals surface area contributed by atoms with Crippen molar-refractivity contribution >= 4 is 22.4 Å². The summed E-state index contributed by atoms with van der Waals surface area (Å²) in [5.41, 5.74) is 2.69. The minimum absolute atomic E-state index is 0.0261. The van der Waals surface area contributed by atoms with E-state index in [2.05, 4.69) is 23.6 Å². The molecule has 0 saturated carbocycles. The molecule has 0 aliphatic heterocycles. The molecule has 0 aliphatic rings. The van der Waals surface area contributed by atoms with E-state index in [1.165, 1.54) is 41.2 Å². The highest BCUT2D eigenvalue weighted by atomic mass is 32.2. The number of carbonyl (C=O) groups excluding carboxylic acids is 1. The highest BCUT2D eigenvalue weighted by Crippen LogP contribution is 2.18. The molecular formula is C33H43F2N3O6S. The first-order valence-electron chi connectivity index (χ1n) is 14.7. The SMILES string of the molecule is CCc1cccc(CNC[C@@H](O)[C@H](Cc2cc(F)cc(F)c2)NC(=O)c2ccc(S(=O)(=O)N(C)CCC(C)C)cc2)c1.O=CO. The number of hydrogen-bond donors (Lipinski definition) is 4. The van der Waals surface area contributed by atoms with Gasteiger partial charge in [0.25, 0.3) is 12.4 Å². The molecule has 9 nitrogen and oxygen atoms in total. The van der Waals surface area contributed by atoms with Crippen LogP contribution >= 0.6 is 0 Å². The van der Waals surface area contributed by atoms with Gasteiger partial charge in [-0.15, -0.1) is 0 Å². The van der Waals surface area contributed by atoms with Gasteiger partial charge in [0, 0.05) is 38.3 Å². The van der Waals surface area contributed by atoms with E-state index < -0.39 is 39.7 Å². The lowest BCUT2D eigenvalue weighted by molar-refractivity contribution is -0.122. The highest BCUT2D eigenvalue weighted by molar-refractivity contribution is 7.89. The van der Waals surface area contributed by atoms with Crippen molar-refractivity contribution in [2.75, 3.05) is 20.1 Å². The van der Waals surface area contributed by atoms with Crippen molar-refractivity contribution in [1.29, 1.82) is 0 Å². The second kappa shape index (κ2) is 18.3. The van der Waals surface area contributed by atoms with Crippen LogP contribution in [0.5, 0.6) is 0 Å². The van der Waals surface area contributed by atoms with Crippen molar-refractivity contribution in [2.24, 2.45) is 5.92 Å². The van der Waals surface area contributed by atoms with Crippen LogP contribution in [-0.2, 0) is 34.2 Å². The molecule has 12 heteroatoms. The summed E-state index contributed by atoms with van der Waals surface area (Å²) in [6.07, 6.45) is 0.497. The zero-order valence-corrected chi connectivity index (χ0v) is 26.9. The van der Waals surface area contributed by atoms with Crippen LogP contribution in [0.1, 0.15) is 54.2 Å². The third kappa shape index (κ3) is 12.3. The van der Waals surface area contributed by atoms with Gasteiger partial charge in [0.2, 0.25) is 10.0 Å². The van der Waals surface area contributed by atoms with Crippen molar-refractivity contribution in [1.82, 2.24) is 14.9 Å². The predicted molar refractivity (Wildman–Crippen MR) is 169 cm³/mol. The third-order valence-electron chi connectivity index (χ3n) is 7.09. The van der Waals surface area contributed by atoms with Crippen LogP contribution in [0.2, 0.25) is 0 Å². The molecule has 246 valence electrons. The summed E-state index contributed by atoms with van der Waals surface area (Å²) in [6, 6.07) is 15.8. The molecule has 3 aromatic carbocycles. The van der Waals surface area contributed by atoms with Crippen LogP contribution in [-0.4, -0.2) is 67.6 Å². The summed E-state index contributed by atoms with van der Waals surface area (Å²) in [5, 5.41) is 23.9. The van der Waals surface area contributed by atoms with E-state index in [9.17, 15) is 27.1 Å². The van der Waals surface area contributed by atoms with Gasteiger partial charge >= 0.3 is 0 Å². The first-order valence-corrected chi connectivity index (χ1v) is 16.1. The second-order valence-electron chi connectivity index (χ2n) is 11.1. The number of halogens is 2. The molecule has 1 amide bonds. The van der Waals surface area contributed by atoms with Crippen molar-refractivity contribution in [3.8, 4) is 0 Å². The quantitative estimate of drug-likeness (QED) is 0.180. The lowest BCUT2D eigenvalue weighted by Gasteiger charge is -2.25. The van der Waals surface area contributed by atoms with Gasteiger partial charge in [0.05, 0.1) is 17.0 Å². The molecule has 0 saturated heterocycles.